The SMILES string of the molecule is C[C@]12CC[C@H](O)CC1=CC[C@@H]1[C@@H]2CC[C@]2(C)C(c3cccs3)=CC[C@@H]12. The van der Waals surface area contributed by atoms with Gasteiger partial charge in [-0.05, 0) is 90.5 Å². The van der Waals surface area contributed by atoms with Crippen molar-refractivity contribution in [2.24, 2.45) is 28.6 Å². The van der Waals surface area contributed by atoms with E-state index >= 15 is 0 Å². The van der Waals surface area contributed by atoms with Crippen LogP contribution in [-0.2, 0) is 0 Å². The lowest BCUT2D eigenvalue weighted by atomic mass is 9.47. The zero-order chi connectivity index (χ0) is 17.2. The van der Waals surface area contributed by atoms with Crippen LogP contribution in [0.3, 0.4) is 0 Å². The fourth-order valence-electron chi connectivity index (χ4n) is 7.02. The summed E-state index contributed by atoms with van der Waals surface area (Å²) in [5.74, 6) is 2.47. The first-order valence-corrected chi connectivity index (χ1v) is 11.0. The minimum Gasteiger partial charge on any atom is -0.393 e. The molecule has 2 heteroatoms. The van der Waals surface area contributed by atoms with Gasteiger partial charge in [0.2, 0.25) is 0 Å². The molecule has 1 N–H and O–H groups in total. The molecule has 2 fully saturated rings. The van der Waals surface area contributed by atoms with Gasteiger partial charge in [-0.1, -0.05) is 37.6 Å². The van der Waals surface area contributed by atoms with E-state index in [0.717, 1.165) is 30.6 Å². The standard InChI is InChI=1S/C23H30OS/c1-22-11-9-16(24)14-15(22)5-6-17-18-7-8-20(21-4-3-13-25-21)23(18,2)12-10-19(17)22/h3-5,8,13,16-19,24H,6-7,9-12,14H2,1-2H3/t16-,17-,18-,19-,22-,23-/m0/s1. The Morgan fingerprint density at radius 2 is 1.88 bits per heavy atom. The molecule has 0 bridgehead atoms. The molecule has 0 unspecified atom stereocenters. The zero-order valence-electron chi connectivity index (χ0n) is 15.5. The van der Waals surface area contributed by atoms with Crippen LogP contribution in [0.2, 0.25) is 0 Å². The summed E-state index contributed by atoms with van der Waals surface area (Å²) in [6.45, 7) is 5.07. The molecule has 25 heavy (non-hydrogen) atoms. The van der Waals surface area contributed by atoms with Gasteiger partial charge in [0, 0.05) is 4.88 Å². The molecule has 4 aliphatic carbocycles. The predicted octanol–water partition coefficient (Wildman–Crippen LogP) is 6.07. The molecule has 0 aromatic carbocycles. The molecular formula is C23H30OS. The van der Waals surface area contributed by atoms with E-state index in [0.29, 0.717) is 10.8 Å². The average molecular weight is 355 g/mol. The van der Waals surface area contributed by atoms with Crippen LogP contribution in [0.1, 0.15) is 63.7 Å². The maximum Gasteiger partial charge on any atom is 0.0577 e. The van der Waals surface area contributed by atoms with Crippen LogP contribution in [0.15, 0.2) is 35.2 Å². The van der Waals surface area contributed by atoms with Gasteiger partial charge in [-0.25, -0.2) is 0 Å². The second-order valence-electron chi connectivity index (χ2n) is 9.44. The van der Waals surface area contributed by atoms with Gasteiger partial charge >= 0.3 is 0 Å². The molecule has 0 amide bonds. The smallest absolute Gasteiger partial charge is 0.0577 e. The number of thiophene rings is 1. The summed E-state index contributed by atoms with van der Waals surface area (Å²) >= 11 is 1.91. The van der Waals surface area contributed by atoms with Crippen molar-refractivity contribution in [1.82, 2.24) is 0 Å². The van der Waals surface area contributed by atoms with E-state index in [4.69, 9.17) is 0 Å². The third-order valence-corrected chi connectivity index (χ3v) is 9.35. The van der Waals surface area contributed by atoms with E-state index < -0.39 is 0 Å². The van der Waals surface area contributed by atoms with Crippen LogP contribution >= 0.6 is 11.3 Å². The Labute approximate surface area is 155 Å². The molecule has 6 atom stereocenters. The molecule has 1 heterocycles. The largest absolute Gasteiger partial charge is 0.393 e. The number of hydrogen-bond acceptors (Lipinski definition) is 2. The molecule has 2 saturated carbocycles. The summed E-state index contributed by atoms with van der Waals surface area (Å²) in [6, 6.07) is 4.52. The number of hydrogen-bond donors (Lipinski definition) is 1. The van der Waals surface area contributed by atoms with E-state index in [-0.39, 0.29) is 6.10 Å². The normalized spacial score (nSPS) is 45.9. The van der Waals surface area contributed by atoms with E-state index in [1.165, 1.54) is 37.0 Å². The highest BCUT2D eigenvalue weighted by atomic mass is 32.1. The Morgan fingerprint density at radius 1 is 1.04 bits per heavy atom. The summed E-state index contributed by atoms with van der Waals surface area (Å²) in [5, 5.41) is 12.4. The third-order valence-electron chi connectivity index (χ3n) is 8.45. The maximum atomic E-state index is 10.1. The Morgan fingerprint density at radius 3 is 2.68 bits per heavy atom. The predicted molar refractivity (Wildman–Crippen MR) is 105 cm³/mol. The number of fused-ring (bicyclic) bond motifs is 5. The van der Waals surface area contributed by atoms with Crippen LogP contribution in [0.25, 0.3) is 5.57 Å². The fourth-order valence-corrected chi connectivity index (χ4v) is 7.93. The van der Waals surface area contributed by atoms with Crippen LogP contribution in [0.4, 0.5) is 0 Å². The maximum absolute atomic E-state index is 10.1. The number of allylic oxidation sites excluding steroid dienone is 3. The summed E-state index contributed by atoms with van der Waals surface area (Å²) in [7, 11) is 0. The molecule has 1 aromatic heterocycles. The monoisotopic (exact) mass is 354 g/mol. The van der Waals surface area contributed by atoms with Gasteiger partial charge in [-0.3, -0.25) is 0 Å². The quantitative estimate of drug-likeness (QED) is 0.607. The molecule has 1 aromatic rings. The summed E-state index contributed by atoms with van der Waals surface area (Å²) in [4.78, 5) is 1.50. The van der Waals surface area contributed by atoms with Gasteiger partial charge in [-0.15, -0.1) is 11.3 Å². The molecule has 0 saturated heterocycles. The first-order chi connectivity index (χ1) is 12.0. The van der Waals surface area contributed by atoms with Crippen molar-refractivity contribution in [3.63, 3.8) is 0 Å². The van der Waals surface area contributed by atoms with Gasteiger partial charge in [0.15, 0.2) is 0 Å². The average Bonchev–Trinajstić information content (AvgIpc) is 3.22. The van der Waals surface area contributed by atoms with Crippen molar-refractivity contribution in [2.45, 2.75) is 64.9 Å². The van der Waals surface area contributed by atoms with Gasteiger partial charge in [0.25, 0.3) is 0 Å². The van der Waals surface area contributed by atoms with Crippen molar-refractivity contribution in [3.8, 4) is 0 Å². The Balaban J connectivity index is 1.48. The summed E-state index contributed by atoms with van der Waals surface area (Å²) < 4.78 is 0. The second kappa shape index (κ2) is 5.57. The molecule has 4 aliphatic rings. The summed E-state index contributed by atoms with van der Waals surface area (Å²) in [6.07, 6.45) is 13.4. The summed E-state index contributed by atoms with van der Waals surface area (Å²) in [5.41, 5.74) is 3.96. The van der Waals surface area contributed by atoms with Crippen molar-refractivity contribution in [3.05, 3.63) is 40.1 Å². The molecule has 0 radical (unpaired) electrons. The first-order valence-electron chi connectivity index (χ1n) is 10.1. The van der Waals surface area contributed by atoms with Crippen molar-refractivity contribution >= 4 is 16.9 Å². The third kappa shape index (κ3) is 2.23. The van der Waals surface area contributed by atoms with Crippen molar-refractivity contribution in [2.75, 3.05) is 0 Å². The molecular weight excluding hydrogens is 324 g/mol. The molecule has 0 spiro atoms. The lowest BCUT2D eigenvalue weighted by molar-refractivity contribution is -0.0237. The lowest BCUT2D eigenvalue weighted by Gasteiger charge is -2.57. The molecule has 134 valence electrons. The van der Waals surface area contributed by atoms with E-state index in [9.17, 15) is 5.11 Å². The van der Waals surface area contributed by atoms with Crippen LogP contribution in [0.5, 0.6) is 0 Å². The first kappa shape index (κ1) is 16.3. The second-order valence-corrected chi connectivity index (χ2v) is 10.4. The highest BCUT2D eigenvalue weighted by Gasteiger charge is 2.56. The van der Waals surface area contributed by atoms with Gasteiger partial charge in [0.1, 0.15) is 0 Å². The highest BCUT2D eigenvalue weighted by molar-refractivity contribution is 7.11. The van der Waals surface area contributed by atoms with E-state index in [2.05, 4.69) is 43.5 Å². The number of rotatable bonds is 1. The number of aliphatic hydroxyl groups is 1. The van der Waals surface area contributed by atoms with Gasteiger partial charge < -0.3 is 5.11 Å². The van der Waals surface area contributed by atoms with Crippen LogP contribution in [-0.4, -0.2) is 11.2 Å². The molecule has 5 rings (SSSR count). The Bertz CT molecular complexity index is 729. The van der Waals surface area contributed by atoms with Crippen LogP contribution in [0, 0.1) is 28.6 Å². The van der Waals surface area contributed by atoms with Crippen molar-refractivity contribution < 1.29 is 5.11 Å². The minimum absolute atomic E-state index is 0.0942. The molecule has 1 nitrogen and oxygen atoms in total. The topological polar surface area (TPSA) is 20.2 Å². The zero-order valence-corrected chi connectivity index (χ0v) is 16.3. The fraction of sp³-hybridized carbons (Fsp3) is 0.652. The highest BCUT2D eigenvalue weighted by Crippen LogP contribution is 2.66. The van der Waals surface area contributed by atoms with E-state index in [1.54, 1.807) is 11.1 Å². The van der Waals surface area contributed by atoms with Crippen molar-refractivity contribution in [1.29, 1.82) is 0 Å². The van der Waals surface area contributed by atoms with E-state index in [1.807, 2.05) is 11.3 Å². The Hall–Kier alpha value is -0.860. The minimum atomic E-state index is -0.0942. The molecule has 0 aliphatic heterocycles. The van der Waals surface area contributed by atoms with Gasteiger partial charge in [-0.2, -0.15) is 0 Å². The van der Waals surface area contributed by atoms with Crippen LogP contribution < -0.4 is 0 Å². The van der Waals surface area contributed by atoms with Gasteiger partial charge in [0.05, 0.1) is 6.10 Å². The lowest BCUT2D eigenvalue weighted by Crippen LogP contribution is -2.49. The number of aliphatic hydroxyl groups excluding tert-OH is 1. The Kier molecular flexibility index (Phi) is 3.63.